The number of hydrogen-bond donors (Lipinski definition) is 5. The summed E-state index contributed by atoms with van der Waals surface area (Å²) in [5, 5.41) is 17.3. The Morgan fingerprint density at radius 3 is 2.08 bits per heavy atom. The van der Waals surface area contributed by atoms with Gasteiger partial charge in [-0.15, -0.1) is 0 Å². The van der Waals surface area contributed by atoms with E-state index in [1.807, 2.05) is 25.1 Å². The number of carboxylic acids is 2. The molecule has 1 rings (SSSR count). The van der Waals surface area contributed by atoms with Crippen LogP contribution in [0.2, 0.25) is 0 Å². The number of nitrogens with zero attached hydrogens (tertiary/aromatic N) is 1. The Morgan fingerprint density at radius 1 is 1.19 bits per heavy atom. The standard InChI is InChI=1S/C9H13N.C6H14N4O2.C2H4O2/c1-8(10)7-9-5-3-2-4-6-9;7-4(5(11)12)2-1-3-10-6(8)9;1-2(3)4/h2-6,8H,7,10H2,1H3;4H,1-3,7H2,(H,11,12)(H4,8,9,10);1H3,(H,3,4)/p-1/t;4-;/m.0./s1. The highest BCUT2D eigenvalue weighted by atomic mass is 16.4. The molecule has 9 nitrogen and oxygen atoms in total. The van der Waals surface area contributed by atoms with Crippen molar-refractivity contribution < 1.29 is 19.8 Å². The van der Waals surface area contributed by atoms with E-state index in [0.29, 0.717) is 19.4 Å². The molecule has 0 aromatic heterocycles. The first-order valence-electron chi connectivity index (χ1n) is 8.07. The Balaban J connectivity index is 0. The fourth-order valence-electron chi connectivity index (χ4n) is 1.63. The summed E-state index contributed by atoms with van der Waals surface area (Å²) in [6.45, 7) is 3.41. The van der Waals surface area contributed by atoms with Crippen molar-refractivity contribution in [2.45, 2.75) is 45.2 Å². The molecule has 1 unspecified atom stereocenters. The molecule has 0 aliphatic heterocycles. The van der Waals surface area contributed by atoms with Crippen molar-refractivity contribution in [3.05, 3.63) is 35.9 Å². The van der Waals surface area contributed by atoms with Gasteiger partial charge in [0.15, 0.2) is 5.96 Å². The van der Waals surface area contributed by atoms with Crippen LogP contribution in [-0.2, 0) is 16.0 Å². The number of nitrogens with two attached hydrogens (primary N) is 4. The molecular weight excluding hydrogens is 338 g/mol. The second-order valence-electron chi connectivity index (χ2n) is 5.55. The summed E-state index contributed by atoms with van der Waals surface area (Å²) in [5.74, 6) is -2.07. The van der Waals surface area contributed by atoms with Crippen molar-refractivity contribution in [2.24, 2.45) is 27.9 Å². The van der Waals surface area contributed by atoms with Crippen molar-refractivity contribution in [2.75, 3.05) is 6.54 Å². The van der Waals surface area contributed by atoms with Gasteiger partial charge in [-0.05, 0) is 38.7 Å². The summed E-state index contributed by atoms with van der Waals surface area (Å²) in [4.78, 5) is 22.8. The van der Waals surface area contributed by atoms with Gasteiger partial charge < -0.3 is 37.9 Å². The Bertz CT molecular complexity index is 527. The highest BCUT2D eigenvalue weighted by Gasteiger charge is 2.09. The predicted octanol–water partition coefficient (Wildman–Crippen LogP) is -1.22. The molecule has 9 N–H and O–H groups in total. The first-order valence-corrected chi connectivity index (χ1v) is 8.07. The number of benzene rings is 1. The summed E-state index contributed by atoms with van der Waals surface area (Å²) in [6.07, 6.45) is 1.93. The average Bonchev–Trinajstić information content (AvgIpc) is 2.51. The van der Waals surface area contributed by atoms with E-state index >= 15 is 0 Å². The number of hydrogen-bond acceptors (Lipinski definition) is 6. The lowest BCUT2D eigenvalue weighted by Crippen LogP contribution is -2.30. The minimum atomic E-state index is -1.08. The van der Waals surface area contributed by atoms with Crippen molar-refractivity contribution >= 4 is 17.9 Å². The van der Waals surface area contributed by atoms with E-state index in [1.54, 1.807) is 0 Å². The second-order valence-corrected chi connectivity index (χ2v) is 5.55. The van der Waals surface area contributed by atoms with Crippen molar-refractivity contribution in [1.29, 1.82) is 0 Å². The number of carboxylic acid groups (broad SMARTS) is 2. The molecule has 1 aromatic rings. The topological polar surface area (TPSA) is 194 Å². The summed E-state index contributed by atoms with van der Waals surface area (Å²) in [5.41, 5.74) is 22.3. The smallest absolute Gasteiger partial charge is 0.320 e. The van der Waals surface area contributed by atoms with Crippen molar-refractivity contribution in [1.82, 2.24) is 0 Å². The summed E-state index contributed by atoms with van der Waals surface area (Å²) in [7, 11) is 0. The summed E-state index contributed by atoms with van der Waals surface area (Å²) in [6, 6.07) is 9.74. The molecule has 9 heteroatoms. The highest BCUT2D eigenvalue weighted by molar-refractivity contribution is 5.75. The van der Waals surface area contributed by atoms with Crippen LogP contribution in [-0.4, -0.2) is 41.6 Å². The molecule has 148 valence electrons. The predicted molar refractivity (Wildman–Crippen MR) is 100.0 cm³/mol. The molecule has 0 aliphatic rings. The van der Waals surface area contributed by atoms with E-state index < -0.39 is 18.0 Å². The van der Waals surface area contributed by atoms with Gasteiger partial charge in [-0.3, -0.25) is 9.79 Å². The maximum absolute atomic E-state index is 10.2. The zero-order valence-corrected chi connectivity index (χ0v) is 15.3. The third-order valence-electron chi connectivity index (χ3n) is 2.69. The Morgan fingerprint density at radius 2 is 1.69 bits per heavy atom. The van der Waals surface area contributed by atoms with Gasteiger partial charge in [-0.1, -0.05) is 30.3 Å². The molecule has 0 spiro atoms. The molecule has 2 atom stereocenters. The molecule has 0 amide bonds. The monoisotopic (exact) mass is 368 g/mol. The SMILES string of the molecule is CC(=O)[O-].CC(N)Cc1ccccc1.NC(N)=NCCC[C@H](N)C(=O)O. The molecule has 0 saturated carbocycles. The van der Waals surface area contributed by atoms with Crippen molar-refractivity contribution in [3.63, 3.8) is 0 Å². The Hall–Kier alpha value is -2.65. The van der Waals surface area contributed by atoms with Crippen LogP contribution in [0.4, 0.5) is 0 Å². The zero-order chi connectivity index (χ0) is 20.5. The number of carbonyl (C=O) groups excluding carboxylic acids is 1. The van der Waals surface area contributed by atoms with Crippen LogP contribution in [0.1, 0.15) is 32.3 Å². The molecule has 0 aliphatic carbocycles. The number of carbonyl (C=O) groups is 2. The molecule has 1 aromatic carbocycles. The Kier molecular flexibility index (Phi) is 15.6. The average molecular weight is 368 g/mol. The van der Waals surface area contributed by atoms with E-state index in [0.717, 1.165) is 13.3 Å². The molecular formula is C17H30N5O4-. The first kappa shape index (κ1) is 25.6. The van der Waals surface area contributed by atoms with E-state index in [-0.39, 0.29) is 12.0 Å². The minimum absolute atomic E-state index is 0.0129. The van der Waals surface area contributed by atoms with Gasteiger partial charge in [0.25, 0.3) is 0 Å². The van der Waals surface area contributed by atoms with Gasteiger partial charge >= 0.3 is 5.97 Å². The van der Waals surface area contributed by atoms with Gasteiger partial charge in [0, 0.05) is 18.6 Å². The lowest BCUT2D eigenvalue weighted by atomic mass is 10.1. The van der Waals surface area contributed by atoms with E-state index in [9.17, 15) is 4.79 Å². The first-order chi connectivity index (χ1) is 12.1. The molecule has 0 fully saturated rings. The molecule has 0 saturated heterocycles. The lowest BCUT2D eigenvalue weighted by molar-refractivity contribution is -0.302. The highest BCUT2D eigenvalue weighted by Crippen LogP contribution is 2.00. The maximum atomic E-state index is 10.2. The zero-order valence-electron chi connectivity index (χ0n) is 15.3. The van der Waals surface area contributed by atoms with Crippen LogP contribution in [0.25, 0.3) is 0 Å². The normalized spacial score (nSPS) is 11.5. The third kappa shape index (κ3) is 21.4. The summed E-state index contributed by atoms with van der Waals surface area (Å²) < 4.78 is 0. The van der Waals surface area contributed by atoms with Gasteiger partial charge in [-0.25, -0.2) is 0 Å². The van der Waals surface area contributed by atoms with Crippen LogP contribution in [0, 0.1) is 0 Å². The number of aliphatic carboxylic acids is 2. The fraction of sp³-hybridized carbons (Fsp3) is 0.471. The van der Waals surface area contributed by atoms with Crippen molar-refractivity contribution in [3.8, 4) is 0 Å². The minimum Gasteiger partial charge on any atom is -0.550 e. The van der Waals surface area contributed by atoms with Crippen LogP contribution in [0.5, 0.6) is 0 Å². The van der Waals surface area contributed by atoms with Crippen LogP contribution < -0.4 is 28.0 Å². The summed E-state index contributed by atoms with van der Waals surface area (Å²) >= 11 is 0. The molecule has 0 bridgehead atoms. The van der Waals surface area contributed by atoms with Crippen LogP contribution in [0.15, 0.2) is 35.3 Å². The lowest BCUT2D eigenvalue weighted by Gasteiger charge is -2.03. The Labute approximate surface area is 154 Å². The van der Waals surface area contributed by atoms with E-state index in [1.165, 1.54) is 5.56 Å². The van der Waals surface area contributed by atoms with Gasteiger partial charge in [0.05, 0.1) is 0 Å². The number of aliphatic imine (C=N–C) groups is 1. The van der Waals surface area contributed by atoms with E-state index in [4.69, 9.17) is 37.9 Å². The fourth-order valence-corrected chi connectivity index (χ4v) is 1.63. The van der Waals surface area contributed by atoms with Crippen LogP contribution in [0.3, 0.4) is 0 Å². The quantitative estimate of drug-likeness (QED) is 0.224. The third-order valence-corrected chi connectivity index (χ3v) is 2.69. The maximum Gasteiger partial charge on any atom is 0.320 e. The molecule has 0 heterocycles. The van der Waals surface area contributed by atoms with Gasteiger partial charge in [0.1, 0.15) is 6.04 Å². The van der Waals surface area contributed by atoms with Gasteiger partial charge in [0.2, 0.25) is 0 Å². The number of rotatable bonds is 7. The van der Waals surface area contributed by atoms with Crippen LogP contribution >= 0.6 is 0 Å². The largest absolute Gasteiger partial charge is 0.550 e. The molecule has 0 radical (unpaired) electrons. The molecule has 26 heavy (non-hydrogen) atoms. The van der Waals surface area contributed by atoms with Gasteiger partial charge in [-0.2, -0.15) is 0 Å². The van der Waals surface area contributed by atoms with E-state index in [2.05, 4.69) is 17.1 Å². The second kappa shape index (κ2) is 15.9. The number of guanidine groups is 1.